The van der Waals surface area contributed by atoms with Gasteiger partial charge in [0.25, 0.3) is 5.91 Å². The Bertz CT molecular complexity index is 1230. The number of methoxy groups -OCH3 is 2. The molecule has 2 aromatic heterocycles. The van der Waals surface area contributed by atoms with Gasteiger partial charge in [-0.15, -0.1) is 11.8 Å². The van der Waals surface area contributed by atoms with Gasteiger partial charge in [-0.05, 0) is 42.5 Å². The average molecular weight is 463 g/mol. The number of rotatable bonds is 10. The van der Waals surface area contributed by atoms with Crippen molar-refractivity contribution in [3.05, 3.63) is 78.1 Å². The van der Waals surface area contributed by atoms with Crippen molar-refractivity contribution in [1.82, 2.24) is 20.1 Å². The molecule has 8 heteroatoms. The van der Waals surface area contributed by atoms with Gasteiger partial charge in [0.15, 0.2) is 5.65 Å². The molecule has 33 heavy (non-hydrogen) atoms. The number of thioether (sulfide) groups is 1. The molecule has 0 aliphatic heterocycles. The fourth-order valence-electron chi connectivity index (χ4n) is 3.44. The summed E-state index contributed by atoms with van der Waals surface area (Å²) in [5, 5.41) is 8.25. The van der Waals surface area contributed by atoms with Crippen LogP contribution in [0.2, 0.25) is 0 Å². The van der Waals surface area contributed by atoms with E-state index >= 15 is 0 Å². The van der Waals surface area contributed by atoms with Crippen molar-refractivity contribution >= 4 is 28.7 Å². The first-order valence-electron chi connectivity index (χ1n) is 10.7. The number of ether oxygens (including phenoxy) is 2. The molecular formula is C25H26N4O3S. The third-order valence-corrected chi connectivity index (χ3v) is 6.27. The summed E-state index contributed by atoms with van der Waals surface area (Å²) < 4.78 is 12.5. The number of fused-ring (bicyclic) bond motifs is 1. The standard InChI is InChI=1S/C25H26N4O3S/c1-31-21-10-9-18(23(14-21)32-2)17-29-24-19(16-28-29)13-20(15-27-24)25(30)26-11-6-12-33-22-7-4-3-5-8-22/h3-5,7-10,13-16H,6,11-12,17H2,1-2H3,(H,26,30). The lowest BCUT2D eigenvalue weighted by Crippen LogP contribution is -2.24. The van der Waals surface area contributed by atoms with E-state index in [0.29, 0.717) is 24.3 Å². The largest absolute Gasteiger partial charge is 0.497 e. The molecule has 170 valence electrons. The fraction of sp³-hybridized carbons (Fsp3) is 0.240. The van der Waals surface area contributed by atoms with E-state index in [1.807, 2.05) is 42.5 Å². The number of amides is 1. The van der Waals surface area contributed by atoms with Crippen molar-refractivity contribution in [2.24, 2.45) is 0 Å². The molecule has 0 spiro atoms. The van der Waals surface area contributed by atoms with Crippen LogP contribution in [-0.2, 0) is 6.54 Å². The zero-order valence-electron chi connectivity index (χ0n) is 18.7. The molecular weight excluding hydrogens is 436 g/mol. The Hall–Kier alpha value is -3.52. The second kappa shape index (κ2) is 10.9. The number of pyridine rings is 1. The van der Waals surface area contributed by atoms with Gasteiger partial charge in [0.05, 0.1) is 32.5 Å². The van der Waals surface area contributed by atoms with Gasteiger partial charge in [-0.3, -0.25) is 4.79 Å². The van der Waals surface area contributed by atoms with Gasteiger partial charge in [-0.1, -0.05) is 18.2 Å². The number of carbonyl (C=O) groups excluding carboxylic acids is 1. The minimum atomic E-state index is -0.126. The van der Waals surface area contributed by atoms with Crippen LogP contribution >= 0.6 is 11.8 Å². The molecule has 4 aromatic rings. The number of benzene rings is 2. The van der Waals surface area contributed by atoms with Crippen molar-refractivity contribution in [3.63, 3.8) is 0 Å². The highest BCUT2D eigenvalue weighted by atomic mass is 32.2. The first kappa shape index (κ1) is 22.7. The molecule has 0 atom stereocenters. The molecule has 0 aliphatic carbocycles. The van der Waals surface area contributed by atoms with E-state index < -0.39 is 0 Å². The Morgan fingerprint density at radius 2 is 1.91 bits per heavy atom. The molecule has 0 fully saturated rings. The topological polar surface area (TPSA) is 78.3 Å². The highest BCUT2D eigenvalue weighted by Crippen LogP contribution is 2.26. The maximum absolute atomic E-state index is 12.5. The molecule has 0 unspecified atom stereocenters. The van der Waals surface area contributed by atoms with E-state index in [9.17, 15) is 4.79 Å². The first-order chi connectivity index (χ1) is 16.2. The second-order valence-electron chi connectivity index (χ2n) is 7.39. The maximum atomic E-state index is 12.5. The molecule has 2 aromatic carbocycles. The quantitative estimate of drug-likeness (QED) is 0.278. The van der Waals surface area contributed by atoms with Gasteiger partial charge in [0.2, 0.25) is 0 Å². The third-order valence-electron chi connectivity index (χ3n) is 5.17. The van der Waals surface area contributed by atoms with Gasteiger partial charge in [0.1, 0.15) is 11.5 Å². The minimum Gasteiger partial charge on any atom is -0.497 e. The second-order valence-corrected chi connectivity index (χ2v) is 8.56. The van der Waals surface area contributed by atoms with Crippen molar-refractivity contribution in [3.8, 4) is 11.5 Å². The third kappa shape index (κ3) is 5.64. The monoisotopic (exact) mass is 462 g/mol. The summed E-state index contributed by atoms with van der Waals surface area (Å²) in [5.74, 6) is 2.27. The van der Waals surface area contributed by atoms with E-state index in [0.717, 1.165) is 34.6 Å². The van der Waals surface area contributed by atoms with Gasteiger partial charge in [-0.2, -0.15) is 5.10 Å². The van der Waals surface area contributed by atoms with Crippen molar-refractivity contribution in [2.75, 3.05) is 26.5 Å². The van der Waals surface area contributed by atoms with Crippen molar-refractivity contribution in [2.45, 2.75) is 17.9 Å². The summed E-state index contributed by atoms with van der Waals surface area (Å²) in [6, 6.07) is 17.8. The van der Waals surface area contributed by atoms with Crippen LogP contribution in [0.25, 0.3) is 11.0 Å². The summed E-state index contributed by atoms with van der Waals surface area (Å²) >= 11 is 1.79. The molecule has 1 N–H and O–H groups in total. The number of nitrogens with zero attached hydrogens (tertiary/aromatic N) is 3. The lowest BCUT2D eigenvalue weighted by atomic mass is 10.2. The molecule has 4 rings (SSSR count). The molecule has 0 saturated carbocycles. The van der Waals surface area contributed by atoms with Crippen LogP contribution in [0.3, 0.4) is 0 Å². The van der Waals surface area contributed by atoms with E-state index in [1.54, 1.807) is 43.1 Å². The number of hydrogen-bond donors (Lipinski definition) is 1. The molecule has 7 nitrogen and oxygen atoms in total. The Balaban J connectivity index is 1.36. The molecule has 0 radical (unpaired) electrons. The highest BCUT2D eigenvalue weighted by Gasteiger charge is 2.12. The lowest BCUT2D eigenvalue weighted by Gasteiger charge is -2.11. The van der Waals surface area contributed by atoms with E-state index in [1.165, 1.54) is 4.90 Å². The summed E-state index contributed by atoms with van der Waals surface area (Å²) in [5.41, 5.74) is 2.20. The van der Waals surface area contributed by atoms with Crippen LogP contribution in [-0.4, -0.2) is 47.2 Å². The van der Waals surface area contributed by atoms with E-state index in [2.05, 4.69) is 27.5 Å². The molecule has 1 amide bonds. The molecule has 0 aliphatic rings. The smallest absolute Gasteiger partial charge is 0.252 e. The summed E-state index contributed by atoms with van der Waals surface area (Å²) in [6.45, 7) is 1.11. The van der Waals surface area contributed by atoms with Crippen LogP contribution in [0, 0.1) is 0 Å². The summed E-state index contributed by atoms with van der Waals surface area (Å²) in [4.78, 5) is 18.3. The normalized spacial score (nSPS) is 10.8. The van der Waals surface area contributed by atoms with Crippen molar-refractivity contribution in [1.29, 1.82) is 0 Å². The lowest BCUT2D eigenvalue weighted by molar-refractivity contribution is 0.0953. The Kier molecular flexibility index (Phi) is 7.47. The molecule has 0 saturated heterocycles. The average Bonchev–Trinajstić information content (AvgIpc) is 3.26. The van der Waals surface area contributed by atoms with E-state index in [-0.39, 0.29) is 5.91 Å². The zero-order valence-corrected chi connectivity index (χ0v) is 19.5. The number of aromatic nitrogens is 3. The Labute approximate surface area is 197 Å². The zero-order chi connectivity index (χ0) is 23.0. The van der Waals surface area contributed by atoms with Gasteiger partial charge < -0.3 is 14.8 Å². The Morgan fingerprint density at radius 1 is 1.06 bits per heavy atom. The van der Waals surface area contributed by atoms with Crippen LogP contribution in [0.15, 0.2) is 71.9 Å². The van der Waals surface area contributed by atoms with Crippen molar-refractivity contribution < 1.29 is 14.3 Å². The molecule has 2 heterocycles. The minimum absolute atomic E-state index is 0.126. The first-order valence-corrected chi connectivity index (χ1v) is 11.6. The predicted octanol–water partition coefficient (Wildman–Crippen LogP) is 4.41. The van der Waals surface area contributed by atoms with Crippen LogP contribution in [0.1, 0.15) is 22.3 Å². The van der Waals surface area contributed by atoms with Crippen LogP contribution in [0.5, 0.6) is 11.5 Å². The van der Waals surface area contributed by atoms with Gasteiger partial charge in [-0.25, -0.2) is 9.67 Å². The van der Waals surface area contributed by atoms with Gasteiger partial charge in [0, 0.05) is 34.7 Å². The SMILES string of the molecule is COc1ccc(Cn2ncc3cc(C(=O)NCCCSc4ccccc4)cnc32)c(OC)c1. The number of nitrogens with one attached hydrogen (secondary N) is 1. The van der Waals surface area contributed by atoms with Crippen LogP contribution in [0.4, 0.5) is 0 Å². The Morgan fingerprint density at radius 3 is 2.70 bits per heavy atom. The summed E-state index contributed by atoms with van der Waals surface area (Å²) in [7, 11) is 3.25. The van der Waals surface area contributed by atoms with Crippen LogP contribution < -0.4 is 14.8 Å². The van der Waals surface area contributed by atoms with Gasteiger partial charge >= 0.3 is 0 Å². The van der Waals surface area contributed by atoms with E-state index in [4.69, 9.17) is 9.47 Å². The maximum Gasteiger partial charge on any atom is 0.252 e. The number of carbonyl (C=O) groups is 1. The molecule has 0 bridgehead atoms. The highest BCUT2D eigenvalue weighted by molar-refractivity contribution is 7.99. The summed E-state index contributed by atoms with van der Waals surface area (Å²) in [6.07, 6.45) is 4.22. The fourth-order valence-corrected chi connectivity index (χ4v) is 4.31. The predicted molar refractivity (Wildman–Crippen MR) is 130 cm³/mol. The number of hydrogen-bond acceptors (Lipinski definition) is 6.